The lowest BCUT2D eigenvalue weighted by Gasteiger charge is -2.38. The minimum absolute atomic E-state index is 0.0966. The number of rotatable bonds is 6. The summed E-state index contributed by atoms with van der Waals surface area (Å²) in [7, 11) is 4.33. The summed E-state index contributed by atoms with van der Waals surface area (Å²) >= 11 is 0. The standard InChI is InChI=1S/C35H37FN6O5/c1-20-23(25-10-7-11-27(31(25)36)37-32(44)26-19-39(3)35(46)40(4)34(26)45)8-6-9-24(20)28-18-22-12-13-29(30(22)33(38-28)47-5)42-16-14-41(15-17-42)21(2)43/h6-11,18-19,29H,12-17H2,1-5H3,(H,37,44). The molecule has 0 spiro atoms. The van der Waals surface area contributed by atoms with E-state index >= 15 is 4.39 Å². The topological polar surface area (TPSA) is 119 Å². The van der Waals surface area contributed by atoms with Crippen LogP contribution < -0.4 is 21.3 Å². The van der Waals surface area contributed by atoms with Gasteiger partial charge >= 0.3 is 5.69 Å². The van der Waals surface area contributed by atoms with Gasteiger partial charge in [0.05, 0.1) is 18.5 Å². The molecule has 244 valence electrons. The monoisotopic (exact) mass is 640 g/mol. The second-order valence-electron chi connectivity index (χ2n) is 12.1. The number of piperazine rings is 1. The first-order valence-electron chi connectivity index (χ1n) is 15.5. The maximum absolute atomic E-state index is 16.0. The summed E-state index contributed by atoms with van der Waals surface area (Å²) in [5, 5.41) is 2.50. The highest BCUT2D eigenvalue weighted by Crippen LogP contribution is 2.43. The third-order valence-corrected chi connectivity index (χ3v) is 9.36. The quantitative estimate of drug-likeness (QED) is 0.342. The number of pyridine rings is 1. The van der Waals surface area contributed by atoms with E-state index in [0.717, 1.165) is 69.2 Å². The number of methoxy groups -OCH3 is 1. The van der Waals surface area contributed by atoms with Crippen molar-refractivity contribution in [2.45, 2.75) is 32.7 Å². The minimum Gasteiger partial charge on any atom is -0.481 e. The lowest BCUT2D eigenvalue weighted by atomic mass is 9.93. The molecule has 1 N–H and O–H groups in total. The van der Waals surface area contributed by atoms with E-state index < -0.39 is 23.0 Å². The van der Waals surface area contributed by atoms with Gasteiger partial charge < -0.3 is 19.5 Å². The van der Waals surface area contributed by atoms with Gasteiger partial charge in [-0.1, -0.05) is 30.3 Å². The average molecular weight is 641 g/mol. The number of ether oxygens (including phenoxy) is 1. The number of benzene rings is 2. The molecular formula is C35H37FN6O5. The Labute approximate surface area is 271 Å². The zero-order valence-electron chi connectivity index (χ0n) is 27.1. The lowest BCUT2D eigenvalue weighted by molar-refractivity contribution is -0.130. The second kappa shape index (κ2) is 12.6. The molecular weight excluding hydrogens is 603 g/mol. The van der Waals surface area contributed by atoms with Gasteiger partial charge in [0.25, 0.3) is 11.5 Å². The molecule has 0 saturated carbocycles. The number of anilines is 1. The van der Waals surface area contributed by atoms with Gasteiger partial charge in [-0.15, -0.1) is 0 Å². The normalized spacial score (nSPS) is 16.2. The number of halogens is 1. The molecule has 4 aromatic rings. The van der Waals surface area contributed by atoms with E-state index in [0.29, 0.717) is 24.5 Å². The zero-order chi connectivity index (χ0) is 33.6. The number of nitrogens with zero attached hydrogens (tertiary/aromatic N) is 5. The third-order valence-electron chi connectivity index (χ3n) is 9.36. The first-order valence-corrected chi connectivity index (χ1v) is 15.5. The Morgan fingerprint density at radius 3 is 2.38 bits per heavy atom. The Bertz CT molecular complexity index is 2030. The average Bonchev–Trinajstić information content (AvgIpc) is 3.50. The van der Waals surface area contributed by atoms with Crippen LogP contribution in [-0.4, -0.2) is 69.0 Å². The Hall–Kier alpha value is -5.10. The second-order valence-corrected chi connectivity index (χ2v) is 12.1. The predicted molar refractivity (Wildman–Crippen MR) is 176 cm³/mol. The van der Waals surface area contributed by atoms with E-state index in [9.17, 15) is 19.2 Å². The summed E-state index contributed by atoms with van der Waals surface area (Å²) in [4.78, 5) is 58.7. The van der Waals surface area contributed by atoms with E-state index in [1.54, 1.807) is 26.2 Å². The molecule has 1 aliphatic heterocycles. The van der Waals surface area contributed by atoms with Crippen molar-refractivity contribution < 1.29 is 18.7 Å². The van der Waals surface area contributed by atoms with Crippen LogP contribution in [0.5, 0.6) is 5.88 Å². The summed E-state index contributed by atoms with van der Waals surface area (Å²) in [6.07, 6.45) is 2.95. The molecule has 1 unspecified atom stereocenters. The number of amides is 2. The van der Waals surface area contributed by atoms with Gasteiger partial charge in [0.1, 0.15) is 5.56 Å². The van der Waals surface area contributed by atoms with Crippen LogP contribution in [0.15, 0.2) is 58.3 Å². The summed E-state index contributed by atoms with van der Waals surface area (Å²) in [6, 6.07) is 12.5. The van der Waals surface area contributed by atoms with Crippen molar-refractivity contribution >= 4 is 17.5 Å². The van der Waals surface area contributed by atoms with Gasteiger partial charge in [-0.05, 0) is 48.6 Å². The summed E-state index contributed by atoms with van der Waals surface area (Å²) in [5.74, 6) is -0.812. The minimum atomic E-state index is -0.823. The molecule has 2 amide bonds. The molecule has 1 aliphatic carbocycles. The van der Waals surface area contributed by atoms with Crippen LogP contribution in [0, 0.1) is 12.7 Å². The maximum Gasteiger partial charge on any atom is 0.330 e. The Morgan fingerprint density at radius 2 is 1.68 bits per heavy atom. The molecule has 0 bridgehead atoms. The molecule has 1 saturated heterocycles. The van der Waals surface area contributed by atoms with Crippen LogP contribution in [0.1, 0.15) is 46.4 Å². The van der Waals surface area contributed by atoms with Gasteiger partial charge in [0, 0.05) is 76.1 Å². The van der Waals surface area contributed by atoms with Crippen LogP contribution in [0.25, 0.3) is 22.4 Å². The number of hydrogen-bond acceptors (Lipinski definition) is 7. The molecule has 3 heterocycles. The van der Waals surface area contributed by atoms with Crippen LogP contribution in [0.4, 0.5) is 10.1 Å². The molecule has 1 fully saturated rings. The largest absolute Gasteiger partial charge is 0.481 e. The van der Waals surface area contributed by atoms with E-state index in [4.69, 9.17) is 9.72 Å². The van der Waals surface area contributed by atoms with Crippen molar-refractivity contribution in [1.29, 1.82) is 0 Å². The Kier molecular flexibility index (Phi) is 8.54. The Morgan fingerprint density at radius 1 is 1.00 bits per heavy atom. The van der Waals surface area contributed by atoms with E-state index in [2.05, 4.69) is 16.3 Å². The lowest BCUT2D eigenvalue weighted by Crippen LogP contribution is -2.48. The SMILES string of the molecule is COc1nc(-c2cccc(-c3cccc(NC(=O)c4cn(C)c(=O)n(C)c4=O)c3F)c2C)cc2c1C(N1CCN(C(C)=O)CC1)CC2. The number of carbonyl (C=O) groups excluding carboxylic acids is 2. The molecule has 6 rings (SSSR count). The molecule has 1 atom stereocenters. The van der Waals surface area contributed by atoms with Crippen molar-refractivity contribution in [3.8, 4) is 28.3 Å². The van der Waals surface area contributed by atoms with Crippen molar-refractivity contribution in [1.82, 2.24) is 23.9 Å². The number of nitrogens with one attached hydrogen (secondary N) is 1. The number of hydrogen-bond donors (Lipinski definition) is 1. The van der Waals surface area contributed by atoms with Crippen molar-refractivity contribution in [2.75, 3.05) is 38.6 Å². The van der Waals surface area contributed by atoms with Crippen LogP contribution in [0.2, 0.25) is 0 Å². The maximum atomic E-state index is 16.0. The fraction of sp³-hybridized carbons (Fsp3) is 0.343. The highest BCUT2D eigenvalue weighted by molar-refractivity contribution is 6.04. The van der Waals surface area contributed by atoms with E-state index in [1.165, 1.54) is 20.2 Å². The van der Waals surface area contributed by atoms with Crippen molar-refractivity contribution in [3.63, 3.8) is 0 Å². The van der Waals surface area contributed by atoms with Crippen molar-refractivity contribution in [3.05, 3.63) is 97.6 Å². The van der Waals surface area contributed by atoms with Gasteiger partial charge in [0.15, 0.2) is 5.82 Å². The highest BCUT2D eigenvalue weighted by atomic mass is 19.1. The first-order chi connectivity index (χ1) is 22.5. The fourth-order valence-electron chi connectivity index (χ4n) is 6.78. The first kappa shape index (κ1) is 31.9. The van der Waals surface area contributed by atoms with Gasteiger partial charge in [-0.3, -0.25) is 23.9 Å². The highest BCUT2D eigenvalue weighted by Gasteiger charge is 2.34. The predicted octanol–water partition coefficient (Wildman–Crippen LogP) is 3.67. The van der Waals surface area contributed by atoms with E-state index in [-0.39, 0.29) is 28.8 Å². The van der Waals surface area contributed by atoms with Crippen LogP contribution >= 0.6 is 0 Å². The molecule has 0 radical (unpaired) electrons. The van der Waals surface area contributed by atoms with Gasteiger partial charge in [-0.2, -0.15) is 0 Å². The molecule has 2 aromatic heterocycles. The summed E-state index contributed by atoms with van der Waals surface area (Å²) < 4.78 is 23.8. The van der Waals surface area contributed by atoms with Gasteiger partial charge in [0.2, 0.25) is 11.8 Å². The molecule has 2 aromatic carbocycles. The smallest absolute Gasteiger partial charge is 0.330 e. The molecule has 12 heteroatoms. The molecule has 47 heavy (non-hydrogen) atoms. The zero-order valence-corrected chi connectivity index (χ0v) is 27.1. The van der Waals surface area contributed by atoms with Crippen LogP contribution in [0.3, 0.4) is 0 Å². The number of aryl methyl sites for hydroxylation is 2. The molecule has 11 nitrogen and oxygen atoms in total. The summed E-state index contributed by atoms with van der Waals surface area (Å²) in [5.41, 5.74) is 3.76. The number of fused-ring (bicyclic) bond motifs is 1. The van der Waals surface area contributed by atoms with Crippen molar-refractivity contribution in [2.24, 2.45) is 14.1 Å². The Balaban J connectivity index is 1.31. The van der Waals surface area contributed by atoms with Gasteiger partial charge in [-0.25, -0.2) is 14.2 Å². The van der Waals surface area contributed by atoms with Crippen LogP contribution in [-0.2, 0) is 25.3 Å². The fourth-order valence-corrected chi connectivity index (χ4v) is 6.78. The number of carbonyl (C=O) groups is 2. The third kappa shape index (κ3) is 5.73. The summed E-state index contributed by atoms with van der Waals surface area (Å²) in [6.45, 7) is 6.51. The number of aromatic nitrogens is 3. The van der Waals surface area contributed by atoms with E-state index in [1.807, 2.05) is 30.0 Å². The molecule has 2 aliphatic rings.